The molecule has 0 atom stereocenters. The highest BCUT2D eigenvalue weighted by Crippen LogP contribution is 2.47. The molecule has 0 amide bonds. The number of fused-ring (bicyclic) bond motifs is 15. The summed E-state index contributed by atoms with van der Waals surface area (Å²) in [6.07, 6.45) is 3.90. The fraction of sp³-hybridized carbons (Fsp3) is 0. The van der Waals surface area contributed by atoms with E-state index in [0.717, 1.165) is 16.9 Å². The van der Waals surface area contributed by atoms with Crippen molar-refractivity contribution in [3.8, 4) is 11.4 Å². The van der Waals surface area contributed by atoms with Gasteiger partial charge >= 0.3 is 0 Å². The largest absolute Gasteiger partial charge is 0.308 e. The molecule has 0 bridgehead atoms. The summed E-state index contributed by atoms with van der Waals surface area (Å²) in [5.41, 5.74) is 10.8. The van der Waals surface area contributed by atoms with E-state index in [4.69, 9.17) is 0 Å². The van der Waals surface area contributed by atoms with E-state index >= 15 is 0 Å². The highest BCUT2D eigenvalue weighted by atomic mass is 15.0. The number of hydrogen-bond acceptors (Lipinski definition) is 1. The number of benzene rings is 7. The van der Waals surface area contributed by atoms with E-state index in [1.807, 2.05) is 12.4 Å². The Morgan fingerprint density at radius 3 is 1.96 bits per heavy atom. The van der Waals surface area contributed by atoms with Gasteiger partial charge in [-0.1, -0.05) is 91.0 Å². The molecule has 49 heavy (non-hydrogen) atoms. The van der Waals surface area contributed by atoms with Gasteiger partial charge in [0.15, 0.2) is 0 Å². The summed E-state index contributed by atoms with van der Waals surface area (Å²) in [5.74, 6) is 0. The number of aromatic nitrogens is 4. The van der Waals surface area contributed by atoms with Gasteiger partial charge in [-0.25, -0.2) is 0 Å². The molecule has 4 nitrogen and oxygen atoms in total. The van der Waals surface area contributed by atoms with Gasteiger partial charge in [0.05, 0.1) is 44.8 Å². The van der Waals surface area contributed by atoms with Crippen LogP contribution in [0.5, 0.6) is 0 Å². The second-order valence-corrected chi connectivity index (χ2v) is 13.2. The van der Waals surface area contributed by atoms with E-state index in [2.05, 4.69) is 164 Å². The van der Waals surface area contributed by atoms with Crippen LogP contribution in [0.25, 0.3) is 104 Å². The van der Waals surface area contributed by atoms with Crippen LogP contribution < -0.4 is 0 Å². The zero-order chi connectivity index (χ0) is 31.8. The lowest BCUT2D eigenvalue weighted by Crippen LogP contribution is -1.96. The van der Waals surface area contributed by atoms with Crippen LogP contribution in [0, 0.1) is 0 Å². The third-order valence-corrected chi connectivity index (χ3v) is 10.8. The molecular formula is C45H26N4. The van der Waals surface area contributed by atoms with Crippen molar-refractivity contribution in [3.05, 3.63) is 158 Å². The standard InChI is InChI=1S/C45H26N4/c1-2-11-28(12-3-1)47-40-21-19-29(24-35(40)32-22-23-46-26-41(32)47)48-43-30-13-5-4-10-27(30)18-20-33(43)37-25-36-31-14-6-8-16-38(31)49-39-17-9-7-15-34(39)42(44(37)48)45(36)49/h1-26H. The average molecular weight is 623 g/mol. The maximum absolute atomic E-state index is 4.55. The minimum Gasteiger partial charge on any atom is -0.308 e. The molecule has 0 aliphatic carbocycles. The molecule has 0 aliphatic rings. The molecule has 0 radical (unpaired) electrons. The molecule has 12 aromatic rings. The number of pyridine rings is 1. The monoisotopic (exact) mass is 622 g/mol. The second kappa shape index (κ2) is 9.03. The Morgan fingerprint density at radius 1 is 0.367 bits per heavy atom. The summed E-state index contributed by atoms with van der Waals surface area (Å²) in [7, 11) is 0. The van der Waals surface area contributed by atoms with Gasteiger partial charge in [0, 0.05) is 66.0 Å². The van der Waals surface area contributed by atoms with Crippen molar-refractivity contribution in [2.24, 2.45) is 0 Å². The summed E-state index contributed by atoms with van der Waals surface area (Å²) in [4.78, 5) is 4.55. The lowest BCUT2D eigenvalue weighted by Gasteiger charge is -2.12. The van der Waals surface area contributed by atoms with Crippen molar-refractivity contribution >= 4 is 92.5 Å². The van der Waals surface area contributed by atoms with Crippen LogP contribution in [-0.2, 0) is 0 Å². The van der Waals surface area contributed by atoms with E-state index in [1.54, 1.807) is 0 Å². The third-order valence-electron chi connectivity index (χ3n) is 10.8. The van der Waals surface area contributed by atoms with Gasteiger partial charge in [-0.2, -0.15) is 0 Å². The van der Waals surface area contributed by atoms with Crippen LogP contribution >= 0.6 is 0 Å². The van der Waals surface area contributed by atoms with Gasteiger partial charge in [0.1, 0.15) is 0 Å². The molecule has 0 unspecified atom stereocenters. The number of hydrogen-bond donors (Lipinski definition) is 0. The molecule has 0 saturated carbocycles. The van der Waals surface area contributed by atoms with Crippen LogP contribution in [0.1, 0.15) is 0 Å². The summed E-state index contributed by atoms with van der Waals surface area (Å²) < 4.78 is 7.37. The fourth-order valence-corrected chi connectivity index (χ4v) is 8.87. The number of para-hydroxylation sites is 3. The molecule has 12 rings (SSSR count). The predicted molar refractivity (Wildman–Crippen MR) is 205 cm³/mol. The first-order valence-corrected chi connectivity index (χ1v) is 16.8. The molecule has 0 saturated heterocycles. The molecule has 5 aromatic heterocycles. The number of nitrogens with zero attached hydrogens (tertiary/aromatic N) is 4. The van der Waals surface area contributed by atoms with E-state index in [1.165, 1.54) is 87.0 Å². The van der Waals surface area contributed by atoms with Crippen LogP contribution in [0.4, 0.5) is 0 Å². The van der Waals surface area contributed by atoms with E-state index in [9.17, 15) is 0 Å². The van der Waals surface area contributed by atoms with Crippen molar-refractivity contribution < 1.29 is 0 Å². The smallest absolute Gasteiger partial charge is 0.0724 e. The van der Waals surface area contributed by atoms with Gasteiger partial charge in [-0.15, -0.1) is 0 Å². The first-order valence-electron chi connectivity index (χ1n) is 16.8. The van der Waals surface area contributed by atoms with Gasteiger partial charge in [0.25, 0.3) is 0 Å². The van der Waals surface area contributed by atoms with Crippen LogP contribution in [0.3, 0.4) is 0 Å². The van der Waals surface area contributed by atoms with Gasteiger partial charge in [-0.3, -0.25) is 4.98 Å². The zero-order valence-electron chi connectivity index (χ0n) is 26.3. The summed E-state index contributed by atoms with van der Waals surface area (Å²) >= 11 is 0. The highest BCUT2D eigenvalue weighted by molar-refractivity contribution is 6.35. The molecule has 5 heterocycles. The first kappa shape index (κ1) is 25.4. The first-order chi connectivity index (χ1) is 24.3. The summed E-state index contributed by atoms with van der Waals surface area (Å²) in [6.45, 7) is 0. The lowest BCUT2D eigenvalue weighted by atomic mass is 10.0. The molecule has 4 heteroatoms. The van der Waals surface area contributed by atoms with Crippen molar-refractivity contribution in [3.63, 3.8) is 0 Å². The Labute approximate surface area is 279 Å². The SMILES string of the molecule is c1ccc(-n2c3ccc(-n4c5c6ccccc6ccc5c5cc6c7ccccc7n7c8ccccc8c(c54)c67)cc3c3ccncc32)cc1. The van der Waals surface area contributed by atoms with E-state index in [0.29, 0.717) is 0 Å². The summed E-state index contributed by atoms with van der Waals surface area (Å²) in [6, 6.07) is 53.4. The Morgan fingerprint density at radius 2 is 1.08 bits per heavy atom. The van der Waals surface area contributed by atoms with Crippen LogP contribution in [0.2, 0.25) is 0 Å². The maximum atomic E-state index is 4.55. The third kappa shape index (κ3) is 3.12. The Balaban J connectivity index is 1.32. The molecule has 7 aromatic carbocycles. The van der Waals surface area contributed by atoms with Crippen LogP contribution in [0.15, 0.2) is 158 Å². The van der Waals surface area contributed by atoms with Crippen molar-refractivity contribution in [2.45, 2.75) is 0 Å². The maximum Gasteiger partial charge on any atom is 0.0724 e. The Bertz CT molecular complexity index is 3320. The average Bonchev–Trinajstić information content (AvgIpc) is 3.89. The lowest BCUT2D eigenvalue weighted by molar-refractivity contribution is 1.16. The summed E-state index contributed by atoms with van der Waals surface area (Å²) in [5, 5.41) is 12.6. The molecular weight excluding hydrogens is 597 g/mol. The van der Waals surface area contributed by atoms with E-state index in [-0.39, 0.29) is 0 Å². The van der Waals surface area contributed by atoms with Crippen molar-refractivity contribution in [1.82, 2.24) is 18.5 Å². The minimum atomic E-state index is 1.10. The zero-order valence-corrected chi connectivity index (χ0v) is 26.3. The normalized spacial score (nSPS) is 12.5. The van der Waals surface area contributed by atoms with E-state index < -0.39 is 0 Å². The Hall–Kier alpha value is -6.65. The quantitative estimate of drug-likeness (QED) is 0.188. The highest BCUT2D eigenvalue weighted by Gasteiger charge is 2.25. The second-order valence-electron chi connectivity index (χ2n) is 13.2. The molecule has 0 fully saturated rings. The number of rotatable bonds is 2. The minimum absolute atomic E-state index is 1.10. The van der Waals surface area contributed by atoms with Gasteiger partial charge < -0.3 is 13.5 Å². The van der Waals surface area contributed by atoms with Gasteiger partial charge in [-0.05, 0) is 60.0 Å². The van der Waals surface area contributed by atoms with Crippen molar-refractivity contribution in [1.29, 1.82) is 0 Å². The Kier molecular flexibility index (Phi) is 4.69. The predicted octanol–water partition coefficient (Wildman–Crippen LogP) is 11.6. The van der Waals surface area contributed by atoms with Crippen LogP contribution in [-0.4, -0.2) is 18.5 Å². The molecule has 0 spiro atoms. The van der Waals surface area contributed by atoms with Gasteiger partial charge in [0.2, 0.25) is 0 Å². The molecule has 0 aliphatic heterocycles. The molecule has 226 valence electrons. The topological polar surface area (TPSA) is 27.2 Å². The van der Waals surface area contributed by atoms with Crippen molar-refractivity contribution in [2.75, 3.05) is 0 Å². The molecule has 0 N–H and O–H groups in total. The fourth-order valence-electron chi connectivity index (χ4n) is 8.87.